The summed E-state index contributed by atoms with van der Waals surface area (Å²) < 4.78 is 46.7. The van der Waals surface area contributed by atoms with E-state index in [1.807, 2.05) is 6.92 Å². The van der Waals surface area contributed by atoms with E-state index in [4.69, 9.17) is 14.4 Å². The van der Waals surface area contributed by atoms with Crippen LogP contribution in [0.1, 0.15) is 20.8 Å². The molecule has 29 heavy (non-hydrogen) atoms. The maximum absolute atomic E-state index is 13.2. The second kappa shape index (κ2) is 6.77. The predicted octanol–water partition coefficient (Wildman–Crippen LogP) is 5.00. The SMILES string of the molecule is CCSc1cc(OC(C)(C)C#N)cnc1-c1nc2cc3c(cc2o1)OC(F)(F)O3. The highest BCUT2D eigenvalue weighted by molar-refractivity contribution is 7.99. The van der Waals surface area contributed by atoms with E-state index in [1.54, 1.807) is 19.9 Å². The van der Waals surface area contributed by atoms with Gasteiger partial charge in [0.05, 0.1) is 6.20 Å². The molecule has 0 N–H and O–H groups in total. The summed E-state index contributed by atoms with van der Waals surface area (Å²) in [7, 11) is 0. The summed E-state index contributed by atoms with van der Waals surface area (Å²) in [6, 6.07) is 6.47. The molecule has 150 valence electrons. The van der Waals surface area contributed by atoms with E-state index < -0.39 is 11.9 Å². The number of nitriles is 1. The molecule has 3 heterocycles. The molecule has 0 amide bonds. The van der Waals surface area contributed by atoms with Crippen LogP contribution in [0.25, 0.3) is 22.7 Å². The quantitative estimate of drug-likeness (QED) is 0.534. The number of ether oxygens (including phenoxy) is 3. The fraction of sp³-hybridized carbons (Fsp3) is 0.316. The van der Waals surface area contributed by atoms with Crippen LogP contribution in [0, 0.1) is 11.3 Å². The van der Waals surface area contributed by atoms with E-state index in [1.165, 1.54) is 30.1 Å². The number of fused-ring (bicyclic) bond motifs is 2. The van der Waals surface area contributed by atoms with E-state index >= 15 is 0 Å². The number of thioether (sulfide) groups is 1. The van der Waals surface area contributed by atoms with Crippen molar-refractivity contribution in [3.63, 3.8) is 0 Å². The highest BCUT2D eigenvalue weighted by Gasteiger charge is 2.44. The highest BCUT2D eigenvalue weighted by Crippen LogP contribution is 2.44. The standard InChI is InChI=1S/C19H15F2N3O4S/c1-4-29-15-5-10(26-18(2,3)9-22)8-23-16(15)17-24-11-6-13-14(7-12(11)25-17)28-19(20,21)27-13/h5-8H,4H2,1-3H3. The van der Waals surface area contributed by atoms with Gasteiger partial charge in [0, 0.05) is 17.0 Å². The lowest BCUT2D eigenvalue weighted by atomic mass is 10.2. The molecular formula is C19H15F2N3O4S. The van der Waals surface area contributed by atoms with Crippen LogP contribution in [0.15, 0.2) is 33.7 Å². The number of hydrogen-bond donors (Lipinski definition) is 0. The molecule has 3 aromatic rings. The van der Waals surface area contributed by atoms with Crippen LogP contribution in [0.4, 0.5) is 8.78 Å². The van der Waals surface area contributed by atoms with Gasteiger partial charge >= 0.3 is 6.29 Å². The Balaban J connectivity index is 1.72. The minimum atomic E-state index is -3.70. The van der Waals surface area contributed by atoms with Crippen LogP contribution in [-0.4, -0.2) is 27.6 Å². The van der Waals surface area contributed by atoms with Crippen molar-refractivity contribution in [2.75, 3.05) is 5.75 Å². The van der Waals surface area contributed by atoms with E-state index in [-0.39, 0.29) is 23.0 Å². The summed E-state index contributed by atoms with van der Waals surface area (Å²) >= 11 is 1.50. The number of aromatic nitrogens is 2. The van der Waals surface area contributed by atoms with Crippen LogP contribution < -0.4 is 14.2 Å². The van der Waals surface area contributed by atoms with Gasteiger partial charge in [0.2, 0.25) is 5.89 Å². The Morgan fingerprint density at radius 3 is 2.66 bits per heavy atom. The van der Waals surface area contributed by atoms with E-state index in [2.05, 4.69) is 25.5 Å². The van der Waals surface area contributed by atoms with Crippen LogP contribution >= 0.6 is 11.8 Å². The average Bonchev–Trinajstić information content (AvgIpc) is 3.17. The average molecular weight is 419 g/mol. The maximum Gasteiger partial charge on any atom is 0.586 e. The zero-order valence-corrected chi connectivity index (χ0v) is 16.5. The van der Waals surface area contributed by atoms with Gasteiger partial charge in [-0.15, -0.1) is 20.5 Å². The molecule has 1 aliphatic rings. The largest absolute Gasteiger partial charge is 0.586 e. The zero-order valence-electron chi connectivity index (χ0n) is 15.7. The first-order chi connectivity index (χ1) is 13.7. The van der Waals surface area contributed by atoms with Gasteiger partial charge in [-0.2, -0.15) is 5.26 Å². The van der Waals surface area contributed by atoms with Crippen LogP contribution in [0.5, 0.6) is 17.2 Å². The van der Waals surface area contributed by atoms with Crippen molar-refractivity contribution >= 4 is 22.9 Å². The first-order valence-corrected chi connectivity index (χ1v) is 9.62. The molecule has 0 unspecified atom stereocenters. The number of oxazole rings is 1. The van der Waals surface area contributed by atoms with Gasteiger partial charge in [0.25, 0.3) is 0 Å². The first kappa shape index (κ1) is 19.3. The smallest absolute Gasteiger partial charge is 0.471 e. The third-order valence-electron chi connectivity index (χ3n) is 3.88. The molecule has 1 aromatic carbocycles. The summed E-state index contributed by atoms with van der Waals surface area (Å²) in [6.45, 7) is 5.29. The molecule has 10 heteroatoms. The van der Waals surface area contributed by atoms with Crippen molar-refractivity contribution < 1.29 is 27.4 Å². The third kappa shape index (κ3) is 3.78. The van der Waals surface area contributed by atoms with Crippen molar-refractivity contribution in [1.82, 2.24) is 9.97 Å². The number of halogens is 2. The van der Waals surface area contributed by atoms with Crippen LogP contribution in [-0.2, 0) is 0 Å². The minimum Gasteiger partial charge on any atom is -0.471 e. The summed E-state index contributed by atoms with van der Waals surface area (Å²) in [6.07, 6.45) is -2.22. The Bertz CT molecular complexity index is 1100. The summed E-state index contributed by atoms with van der Waals surface area (Å²) in [4.78, 5) is 9.49. The van der Waals surface area contributed by atoms with Crippen molar-refractivity contribution in [2.45, 2.75) is 37.6 Å². The Morgan fingerprint density at radius 1 is 1.24 bits per heavy atom. The number of hydrogen-bond acceptors (Lipinski definition) is 8. The van der Waals surface area contributed by atoms with Crippen molar-refractivity contribution in [3.05, 3.63) is 24.4 Å². The highest BCUT2D eigenvalue weighted by atomic mass is 32.2. The molecule has 0 aliphatic carbocycles. The van der Waals surface area contributed by atoms with Gasteiger partial charge in [-0.1, -0.05) is 6.92 Å². The molecule has 0 atom stereocenters. The fourth-order valence-electron chi connectivity index (χ4n) is 2.70. The van der Waals surface area contributed by atoms with Gasteiger partial charge < -0.3 is 18.6 Å². The molecule has 1 aliphatic heterocycles. The Kier molecular flexibility index (Phi) is 4.50. The number of benzene rings is 1. The lowest BCUT2D eigenvalue weighted by Crippen LogP contribution is -2.25. The topological polar surface area (TPSA) is 90.4 Å². The van der Waals surface area contributed by atoms with Gasteiger partial charge in [-0.25, -0.2) is 9.97 Å². The maximum atomic E-state index is 13.2. The minimum absolute atomic E-state index is 0.110. The molecule has 0 saturated carbocycles. The molecule has 7 nitrogen and oxygen atoms in total. The molecule has 0 saturated heterocycles. The van der Waals surface area contributed by atoms with Gasteiger partial charge in [0.15, 0.2) is 22.7 Å². The third-order valence-corrected chi connectivity index (χ3v) is 4.79. The molecular weight excluding hydrogens is 404 g/mol. The van der Waals surface area contributed by atoms with E-state index in [9.17, 15) is 8.78 Å². The van der Waals surface area contributed by atoms with Crippen molar-refractivity contribution in [3.8, 4) is 34.9 Å². The number of rotatable bonds is 5. The number of alkyl halides is 2. The van der Waals surface area contributed by atoms with E-state index in [0.717, 1.165) is 10.6 Å². The molecule has 0 bridgehead atoms. The molecule has 2 aromatic heterocycles. The second-order valence-corrected chi connectivity index (χ2v) is 7.93. The van der Waals surface area contributed by atoms with Gasteiger partial charge in [0.1, 0.15) is 23.0 Å². The van der Waals surface area contributed by atoms with Gasteiger partial charge in [-0.05, 0) is 25.7 Å². The summed E-state index contributed by atoms with van der Waals surface area (Å²) in [5.41, 5.74) is 0.0698. The second-order valence-electron chi connectivity index (χ2n) is 6.63. The van der Waals surface area contributed by atoms with Gasteiger partial charge in [-0.3, -0.25) is 0 Å². The zero-order chi connectivity index (χ0) is 20.8. The lowest BCUT2D eigenvalue weighted by molar-refractivity contribution is -0.286. The Morgan fingerprint density at radius 2 is 1.97 bits per heavy atom. The molecule has 4 rings (SSSR count). The molecule has 0 spiro atoms. The first-order valence-electron chi connectivity index (χ1n) is 8.63. The monoisotopic (exact) mass is 419 g/mol. The molecule has 0 fully saturated rings. The number of nitrogens with zero attached hydrogens (tertiary/aromatic N) is 3. The van der Waals surface area contributed by atoms with Crippen LogP contribution in [0.2, 0.25) is 0 Å². The normalized spacial score (nSPS) is 14.8. The predicted molar refractivity (Wildman–Crippen MR) is 100 cm³/mol. The van der Waals surface area contributed by atoms with E-state index in [0.29, 0.717) is 17.0 Å². The molecule has 0 radical (unpaired) electrons. The summed E-state index contributed by atoms with van der Waals surface area (Å²) in [5, 5.41) is 9.15. The Hall–Kier alpha value is -3.06. The lowest BCUT2D eigenvalue weighted by Gasteiger charge is -2.18. The van der Waals surface area contributed by atoms with Crippen molar-refractivity contribution in [2.24, 2.45) is 0 Å². The Labute approximate surface area is 168 Å². The summed E-state index contributed by atoms with van der Waals surface area (Å²) in [5.74, 6) is 1.18. The van der Waals surface area contributed by atoms with Crippen molar-refractivity contribution in [1.29, 1.82) is 5.26 Å². The van der Waals surface area contributed by atoms with Crippen LogP contribution in [0.3, 0.4) is 0 Å². The number of pyridine rings is 1. The fourth-order valence-corrected chi connectivity index (χ4v) is 3.49.